The van der Waals surface area contributed by atoms with Crippen LogP contribution in [0.15, 0.2) is 0 Å². The van der Waals surface area contributed by atoms with E-state index in [0.29, 0.717) is 32.0 Å². The zero-order valence-corrected chi connectivity index (χ0v) is 15.4. The van der Waals surface area contributed by atoms with Gasteiger partial charge in [0.1, 0.15) is 5.60 Å². The van der Waals surface area contributed by atoms with Crippen LogP contribution in [0, 0.1) is 0 Å². The van der Waals surface area contributed by atoms with Crippen molar-refractivity contribution in [1.29, 1.82) is 0 Å². The van der Waals surface area contributed by atoms with Gasteiger partial charge in [0.15, 0.2) is 11.5 Å². The molecule has 0 bridgehead atoms. The smallest absolute Gasteiger partial charge is 0.410 e. The minimum Gasteiger partial charge on any atom is -0.444 e. The average molecular weight is 357 g/mol. The highest BCUT2D eigenvalue weighted by atomic mass is 32.1. The second kappa shape index (κ2) is 7.31. The van der Waals surface area contributed by atoms with Crippen LogP contribution in [-0.2, 0) is 9.57 Å². The predicted octanol–water partition coefficient (Wildman–Crippen LogP) is 1.23. The van der Waals surface area contributed by atoms with Gasteiger partial charge in [-0.15, -0.1) is 0 Å². The monoisotopic (exact) mass is 357 g/mol. The van der Waals surface area contributed by atoms with Gasteiger partial charge in [-0.2, -0.15) is 8.75 Å². The van der Waals surface area contributed by atoms with E-state index < -0.39 is 5.60 Å². The van der Waals surface area contributed by atoms with Gasteiger partial charge in [0.2, 0.25) is 0 Å². The maximum absolute atomic E-state index is 12.2. The molecule has 0 N–H and O–H groups in total. The molecule has 9 nitrogen and oxygen atoms in total. The first-order chi connectivity index (χ1) is 11.2. The first kappa shape index (κ1) is 18.4. The van der Waals surface area contributed by atoms with Crippen molar-refractivity contribution in [2.75, 3.05) is 45.2 Å². The van der Waals surface area contributed by atoms with Gasteiger partial charge in [-0.3, -0.25) is 9.63 Å². The molecule has 134 valence electrons. The number of ether oxygens (including phenoxy) is 1. The summed E-state index contributed by atoms with van der Waals surface area (Å²) in [5, 5.41) is 1.11. The zero-order valence-electron chi connectivity index (χ0n) is 14.6. The molecule has 1 saturated heterocycles. The number of nitrogens with zero attached hydrogens (tertiary/aromatic N) is 5. The Balaban J connectivity index is 2.00. The molecule has 0 aromatic carbocycles. The van der Waals surface area contributed by atoms with Gasteiger partial charge >= 0.3 is 12.0 Å². The van der Waals surface area contributed by atoms with Crippen LogP contribution < -0.4 is 4.90 Å². The van der Waals surface area contributed by atoms with Gasteiger partial charge in [0.05, 0.1) is 18.8 Å². The van der Waals surface area contributed by atoms with Crippen molar-refractivity contribution < 1.29 is 19.2 Å². The lowest BCUT2D eigenvalue weighted by atomic mass is 10.2. The lowest BCUT2D eigenvalue weighted by molar-refractivity contribution is -0.0759. The van der Waals surface area contributed by atoms with E-state index in [0.717, 1.165) is 16.8 Å². The largest absolute Gasteiger partial charge is 0.444 e. The second-order valence-electron chi connectivity index (χ2n) is 6.38. The number of anilines is 1. The summed E-state index contributed by atoms with van der Waals surface area (Å²) in [6.07, 6.45) is -0.325. The Bertz CT molecular complexity index is 592. The number of hydrogen-bond donors (Lipinski definition) is 0. The van der Waals surface area contributed by atoms with Gasteiger partial charge in [-0.1, -0.05) is 0 Å². The van der Waals surface area contributed by atoms with Gasteiger partial charge < -0.3 is 14.5 Å². The number of carbonyl (C=O) groups excluding carboxylic acids is 2. The maximum atomic E-state index is 12.2. The van der Waals surface area contributed by atoms with Crippen molar-refractivity contribution in [3.05, 3.63) is 5.69 Å². The van der Waals surface area contributed by atoms with E-state index in [1.807, 2.05) is 25.7 Å². The van der Waals surface area contributed by atoms with Crippen LogP contribution in [-0.4, -0.2) is 76.6 Å². The van der Waals surface area contributed by atoms with Gasteiger partial charge in [-0.25, -0.2) is 9.86 Å². The van der Waals surface area contributed by atoms with Crippen LogP contribution >= 0.6 is 11.7 Å². The summed E-state index contributed by atoms with van der Waals surface area (Å²) in [6.45, 7) is 7.63. The molecule has 10 heteroatoms. The average Bonchev–Trinajstić information content (AvgIpc) is 3.01. The zero-order chi connectivity index (χ0) is 17.9. The molecule has 0 saturated carbocycles. The molecule has 0 spiro atoms. The van der Waals surface area contributed by atoms with E-state index in [9.17, 15) is 9.59 Å². The molecule has 1 aliphatic rings. The van der Waals surface area contributed by atoms with Crippen molar-refractivity contribution in [1.82, 2.24) is 18.7 Å². The summed E-state index contributed by atoms with van der Waals surface area (Å²) < 4.78 is 13.7. The lowest BCUT2D eigenvalue weighted by Gasteiger charge is -2.35. The van der Waals surface area contributed by atoms with Crippen LogP contribution in [0.3, 0.4) is 0 Å². The highest BCUT2D eigenvalue weighted by Gasteiger charge is 2.30. The van der Waals surface area contributed by atoms with Gasteiger partial charge in [0.25, 0.3) is 0 Å². The molecule has 0 atom stereocenters. The van der Waals surface area contributed by atoms with E-state index >= 15 is 0 Å². The number of amides is 2. The van der Waals surface area contributed by atoms with Crippen molar-refractivity contribution in [2.45, 2.75) is 26.4 Å². The third kappa shape index (κ3) is 4.32. The van der Waals surface area contributed by atoms with E-state index in [4.69, 9.17) is 9.57 Å². The quantitative estimate of drug-likeness (QED) is 0.752. The molecule has 0 aliphatic carbocycles. The lowest BCUT2D eigenvalue weighted by Crippen LogP contribution is -2.50. The molecule has 1 aromatic heterocycles. The molecule has 1 aliphatic heterocycles. The summed E-state index contributed by atoms with van der Waals surface area (Å²) in [7, 11) is 2.93. The number of aromatic nitrogens is 2. The van der Waals surface area contributed by atoms with E-state index in [1.54, 1.807) is 4.90 Å². The molecule has 2 heterocycles. The van der Waals surface area contributed by atoms with Crippen LogP contribution in [0.4, 0.5) is 10.6 Å². The number of piperazine rings is 1. The number of rotatable bonds is 3. The SMILES string of the molecule is CON(C)C(=O)c1nsnc1N1CCN(C(=O)OC(C)(C)C)CC1. The fourth-order valence-electron chi connectivity index (χ4n) is 2.19. The Labute approximate surface area is 145 Å². The van der Waals surface area contributed by atoms with E-state index in [-0.39, 0.29) is 17.7 Å². The van der Waals surface area contributed by atoms with Crippen LogP contribution in [0.5, 0.6) is 0 Å². The summed E-state index contributed by atoms with van der Waals surface area (Å²) in [5.41, 5.74) is -0.257. The molecule has 2 amide bonds. The molecule has 1 aromatic rings. The fourth-order valence-corrected chi connectivity index (χ4v) is 2.75. The maximum Gasteiger partial charge on any atom is 0.410 e. The Morgan fingerprint density at radius 3 is 2.33 bits per heavy atom. The molecule has 0 unspecified atom stereocenters. The Hall–Kier alpha value is -1.94. The molecule has 1 fully saturated rings. The van der Waals surface area contributed by atoms with Crippen molar-refractivity contribution in [2.24, 2.45) is 0 Å². The summed E-state index contributed by atoms with van der Waals surface area (Å²) in [4.78, 5) is 32.8. The second-order valence-corrected chi connectivity index (χ2v) is 6.90. The molecule has 2 rings (SSSR count). The van der Waals surface area contributed by atoms with Gasteiger partial charge in [0, 0.05) is 33.2 Å². The van der Waals surface area contributed by atoms with Gasteiger partial charge in [-0.05, 0) is 20.8 Å². The Kier molecular flexibility index (Phi) is 5.60. The normalized spacial score (nSPS) is 15.4. The minimum atomic E-state index is -0.516. The van der Waals surface area contributed by atoms with Crippen LogP contribution in [0.25, 0.3) is 0 Å². The molecular weight excluding hydrogens is 334 g/mol. The highest BCUT2D eigenvalue weighted by Crippen LogP contribution is 2.21. The number of hydroxylamine groups is 2. The standard InChI is InChI=1S/C14H23N5O4S/c1-14(2,3)23-13(21)19-8-6-18(7-9-19)11-10(15-24-16-11)12(20)17(4)22-5/h6-9H2,1-5H3. The molecule has 24 heavy (non-hydrogen) atoms. The van der Waals surface area contributed by atoms with E-state index in [2.05, 4.69) is 8.75 Å². The highest BCUT2D eigenvalue weighted by molar-refractivity contribution is 6.99. The number of carbonyl (C=O) groups is 2. The van der Waals surface area contributed by atoms with Crippen LogP contribution in [0.2, 0.25) is 0 Å². The fraction of sp³-hybridized carbons (Fsp3) is 0.714. The third-order valence-electron chi connectivity index (χ3n) is 3.46. The molecular formula is C14H23N5O4S. The topological polar surface area (TPSA) is 88.1 Å². The summed E-state index contributed by atoms with van der Waals surface area (Å²) in [6, 6.07) is 0. The van der Waals surface area contributed by atoms with Crippen LogP contribution in [0.1, 0.15) is 31.3 Å². The summed E-state index contributed by atoms with van der Waals surface area (Å²) >= 11 is 0.981. The third-order valence-corrected chi connectivity index (χ3v) is 3.98. The van der Waals surface area contributed by atoms with Crippen molar-refractivity contribution in [3.8, 4) is 0 Å². The Morgan fingerprint density at radius 2 is 1.79 bits per heavy atom. The van der Waals surface area contributed by atoms with E-state index in [1.165, 1.54) is 14.2 Å². The predicted molar refractivity (Wildman–Crippen MR) is 89.0 cm³/mol. The van der Waals surface area contributed by atoms with Crippen molar-refractivity contribution >= 4 is 29.5 Å². The summed E-state index contributed by atoms with van der Waals surface area (Å²) in [5.74, 6) is 0.175. The first-order valence-corrected chi connectivity index (χ1v) is 8.33. The first-order valence-electron chi connectivity index (χ1n) is 7.60. The Morgan fingerprint density at radius 1 is 1.17 bits per heavy atom. The number of hydrogen-bond acceptors (Lipinski definition) is 8. The molecule has 0 radical (unpaired) electrons. The van der Waals surface area contributed by atoms with Crippen molar-refractivity contribution in [3.63, 3.8) is 0 Å². The minimum absolute atomic E-state index is 0.259.